The average molecular weight is 214 g/mol. The molecule has 1 unspecified atom stereocenters. The summed E-state index contributed by atoms with van der Waals surface area (Å²) >= 11 is 1.83. The number of carbonyl (C=O) groups is 1. The van der Waals surface area contributed by atoms with Gasteiger partial charge < -0.3 is 4.74 Å². The molecule has 0 aromatic carbocycles. The van der Waals surface area contributed by atoms with Gasteiger partial charge in [0.1, 0.15) is 5.78 Å². The monoisotopic (exact) mass is 214 g/mol. The van der Waals surface area contributed by atoms with Crippen LogP contribution in [0.2, 0.25) is 0 Å². The van der Waals surface area contributed by atoms with Gasteiger partial charge in [-0.05, 0) is 37.9 Å². The van der Waals surface area contributed by atoms with Crippen molar-refractivity contribution in [3.8, 4) is 0 Å². The van der Waals surface area contributed by atoms with Gasteiger partial charge in [0.05, 0.1) is 10.9 Å². The van der Waals surface area contributed by atoms with Gasteiger partial charge in [-0.25, -0.2) is 0 Å². The van der Waals surface area contributed by atoms with Gasteiger partial charge in [0.25, 0.3) is 0 Å². The van der Waals surface area contributed by atoms with Gasteiger partial charge in [0.15, 0.2) is 0 Å². The molecular formula is C11H18O2S. The average Bonchev–Trinajstić information content (AvgIpc) is 2.63. The molecule has 1 heterocycles. The van der Waals surface area contributed by atoms with E-state index in [1.54, 1.807) is 7.11 Å². The zero-order valence-corrected chi connectivity index (χ0v) is 9.57. The van der Waals surface area contributed by atoms with Crippen molar-refractivity contribution in [2.24, 2.45) is 0 Å². The maximum absolute atomic E-state index is 11.9. The molecular weight excluding hydrogens is 196 g/mol. The van der Waals surface area contributed by atoms with E-state index in [0.717, 1.165) is 25.0 Å². The van der Waals surface area contributed by atoms with Crippen molar-refractivity contribution in [3.63, 3.8) is 0 Å². The van der Waals surface area contributed by atoms with Crippen LogP contribution in [0.5, 0.6) is 0 Å². The van der Waals surface area contributed by atoms with Gasteiger partial charge >= 0.3 is 0 Å². The molecule has 0 bridgehead atoms. The molecule has 0 N–H and O–H groups in total. The van der Waals surface area contributed by atoms with Gasteiger partial charge in [-0.15, -0.1) is 0 Å². The molecule has 0 amide bonds. The molecule has 2 rings (SSSR count). The van der Waals surface area contributed by atoms with Crippen LogP contribution in [0, 0.1) is 0 Å². The van der Waals surface area contributed by atoms with Crippen molar-refractivity contribution in [3.05, 3.63) is 0 Å². The van der Waals surface area contributed by atoms with Crippen molar-refractivity contribution < 1.29 is 9.53 Å². The maximum atomic E-state index is 11.9. The lowest BCUT2D eigenvalue weighted by molar-refractivity contribution is -0.131. The lowest BCUT2D eigenvalue weighted by Crippen LogP contribution is -2.42. The van der Waals surface area contributed by atoms with E-state index < -0.39 is 0 Å². The number of rotatable bonds is 4. The Balaban J connectivity index is 1.86. The Morgan fingerprint density at radius 3 is 2.71 bits per heavy atom. The molecule has 1 aliphatic heterocycles. The Hall–Kier alpha value is -0.0200. The molecule has 1 saturated heterocycles. The molecule has 0 spiro atoms. The zero-order chi connectivity index (χ0) is 10.0. The summed E-state index contributed by atoms with van der Waals surface area (Å²) in [5, 5.41) is 0.280. The topological polar surface area (TPSA) is 26.3 Å². The van der Waals surface area contributed by atoms with Crippen LogP contribution in [-0.2, 0) is 9.53 Å². The lowest BCUT2D eigenvalue weighted by Gasteiger charge is -2.40. The Bertz CT molecular complexity index is 212. The van der Waals surface area contributed by atoms with Crippen LogP contribution in [0.4, 0.5) is 0 Å². The Morgan fingerprint density at radius 1 is 1.50 bits per heavy atom. The van der Waals surface area contributed by atoms with Crippen LogP contribution in [-0.4, -0.2) is 29.5 Å². The number of thioether (sulfide) groups is 1. The molecule has 0 aromatic heterocycles. The standard InChI is InChI=1S/C11H18O2S/c1-13-11(5-3-6-11)8-9(12)10-4-2-7-14-10/h10H,2-8H2,1H3. The number of ketones is 1. The fraction of sp³-hybridized carbons (Fsp3) is 0.909. The van der Waals surface area contributed by atoms with Crippen molar-refractivity contribution in [1.82, 2.24) is 0 Å². The van der Waals surface area contributed by atoms with Crippen molar-refractivity contribution >= 4 is 17.5 Å². The van der Waals surface area contributed by atoms with E-state index in [-0.39, 0.29) is 10.9 Å². The van der Waals surface area contributed by atoms with E-state index in [1.165, 1.54) is 12.8 Å². The number of carbonyl (C=O) groups excluding carboxylic acids is 1. The molecule has 80 valence electrons. The van der Waals surface area contributed by atoms with Crippen LogP contribution >= 0.6 is 11.8 Å². The predicted molar refractivity (Wildman–Crippen MR) is 58.7 cm³/mol. The first kappa shape index (κ1) is 10.5. The predicted octanol–water partition coefficient (Wildman–Crippen LogP) is 2.41. The highest BCUT2D eigenvalue weighted by molar-refractivity contribution is 8.00. The van der Waals surface area contributed by atoms with Crippen LogP contribution < -0.4 is 0 Å². The normalized spacial score (nSPS) is 29.9. The van der Waals surface area contributed by atoms with Gasteiger partial charge in [-0.3, -0.25) is 4.79 Å². The van der Waals surface area contributed by atoms with Crippen LogP contribution in [0.25, 0.3) is 0 Å². The first-order chi connectivity index (χ1) is 6.76. The molecule has 0 aromatic rings. The number of methoxy groups -OCH3 is 1. The summed E-state index contributed by atoms with van der Waals surface area (Å²) in [5.41, 5.74) is -0.0692. The quantitative estimate of drug-likeness (QED) is 0.719. The largest absolute Gasteiger partial charge is 0.378 e. The third-order valence-corrected chi connectivity index (χ3v) is 4.91. The maximum Gasteiger partial charge on any atom is 0.148 e. The van der Waals surface area contributed by atoms with Crippen LogP contribution in [0.3, 0.4) is 0 Å². The molecule has 1 atom stereocenters. The SMILES string of the molecule is COC1(CC(=O)C2CCCS2)CCC1. The summed E-state index contributed by atoms with van der Waals surface area (Å²) < 4.78 is 5.47. The smallest absolute Gasteiger partial charge is 0.148 e. The third-order valence-electron chi connectivity index (χ3n) is 3.48. The molecule has 14 heavy (non-hydrogen) atoms. The molecule has 2 fully saturated rings. The third kappa shape index (κ3) is 1.98. The number of Topliss-reactive ketones (excluding diaryl/α,β-unsaturated/α-hetero) is 1. The Kier molecular flexibility index (Phi) is 3.17. The fourth-order valence-corrected chi connectivity index (χ4v) is 3.51. The second kappa shape index (κ2) is 4.23. The second-order valence-electron chi connectivity index (χ2n) is 4.39. The molecule has 2 nitrogen and oxygen atoms in total. The summed E-state index contributed by atoms with van der Waals surface area (Å²) in [6, 6.07) is 0. The van der Waals surface area contributed by atoms with E-state index in [0.29, 0.717) is 12.2 Å². The zero-order valence-electron chi connectivity index (χ0n) is 8.75. The molecule has 0 radical (unpaired) electrons. The minimum absolute atomic E-state index is 0.0692. The Labute approximate surface area is 89.8 Å². The first-order valence-electron chi connectivity index (χ1n) is 5.45. The molecule has 2 aliphatic rings. The summed E-state index contributed by atoms with van der Waals surface area (Å²) in [5.74, 6) is 1.59. The molecule has 3 heteroatoms. The fourth-order valence-electron chi connectivity index (χ4n) is 2.29. The Morgan fingerprint density at radius 2 is 2.29 bits per heavy atom. The van der Waals surface area contributed by atoms with Crippen LogP contribution in [0.1, 0.15) is 38.5 Å². The lowest BCUT2D eigenvalue weighted by atomic mass is 9.76. The molecule has 1 saturated carbocycles. The summed E-state index contributed by atoms with van der Waals surface area (Å²) in [7, 11) is 1.74. The summed E-state index contributed by atoms with van der Waals surface area (Å²) in [6.07, 6.45) is 6.32. The number of ether oxygens (including phenoxy) is 1. The van der Waals surface area contributed by atoms with Gasteiger partial charge in [0, 0.05) is 13.5 Å². The number of hydrogen-bond acceptors (Lipinski definition) is 3. The van der Waals surface area contributed by atoms with E-state index >= 15 is 0 Å². The van der Waals surface area contributed by atoms with Crippen molar-refractivity contribution in [2.75, 3.05) is 12.9 Å². The highest BCUT2D eigenvalue weighted by Gasteiger charge is 2.40. The minimum atomic E-state index is -0.0692. The van der Waals surface area contributed by atoms with Crippen molar-refractivity contribution in [2.45, 2.75) is 49.4 Å². The van der Waals surface area contributed by atoms with Gasteiger partial charge in [0.2, 0.25) is 0 Å². The summed E-state index contributed by atoms with van der Waals surface area (Å²) in [4.78, 5) is 11.9. The van der Waals surface area contributed by atoms with E-state index in [4.69, 9.17) is 4.74 Å². The van der Waals surface area contributed by atoms with Crippen LogP contribution in [0.15, 0.2) is 0 Å². The second-order valence-corrected chi connectivity index (χ2v) is 5.70. The van der Waals surface area contributed by atoms with Gasteiger partial charge in [-0.2, -0.15) is 11.8 Å². The highest BCUT2D eigenvalue weighted by atomic mass is 32.2. The number of hydrogen-bond donors (Lipinski definition) is 0. The van der Waals surface area contributed by atoms with Crippen molar-refractivity contribution in [1.29, 1.82) is 0 Å². The van der Waals surface area contributed by atoms with E-state index in [1.807, 2.05) is 11.8 Å². The highest BCUT2D eigenvalue weighted by Crippen LogP contribution is 2.40. The summed E-state index contributed by atoms with van der Waals surface area (Å²) in [6.45, 7) is 0. The first-order valence-corrected chi connectivity index (χ1v) is 6.50. The van der Waals surface area contributed by atoms with E-state index in [2.05, 4.69) is 0 Å². The van der Waals surface area contributed by atoms with E-state index in [9.17, 15) is 4.79 Å². The molecule has 1 aliphatic carbocycles. The minimum Gasteiger partial charge on any atom is -0.378 e. The van der Waals surface area contributed by atoms with Gasteiger partial charge in [-0.1, -0.05) is 0 Å².